The molecule has 0 atom stereocenters. The first-order valence-corrected chi connectivity index (χ1v) is 11.6. The van der Waals surface area contributed by atoms with Gasteiger partial charge in [-0.15, -0.1) is 0 Å². The van der Waals surface area contributed by atoms with Crippen molar-refractivity contribution in [2.24, 2.45) is 5.92 Å². The molecule has 0 spiro atoms. The molecule has 0 amide bonds. The zero-order valence-electron chi connectivity index (χ0n) is 19.7. The van der Waals surface area contributed by atoms with E-state index in [1.807, 2.05) is 6.07 Å². The first-order chi connectivity index (χ1) is 17.1. The molecule has 1 saturated carbocycles. The highest BCUT2D eigenvalue weighted by atomic mass is 19.4. The van der Waals surface area contributed by atoms with Gasteiger partial charge in [0.1, 0.15) is 5.82 Å². The predicted molar refractivity (Wildman–Crippen MR) is 130 cm³/mol. The van der Waals surface area contributed by atoms with Crippen molar-refractivity contribution in [2.45, 2.75) is 37.3 Å². The molecule has 0 aliphatic heterocycles. The number of ether oxygens (including phenoxy) is 1. The standard InChI is InChI=1S/C29H25F4NO2/c1-36-27(35)21-7-9-22(10-8-21)28(16-14-23(15-17-28)29(31,32)33)24-11-6-20(26(34)18-24)5-2-19-3-12-25(30)13-4-19/h3-4,6-13,18,23H,14-17,34H2,1H3. The van der Waals surface area contributed by atoms with Crippen LogP contribution in [0.5, 0.6) is 0 Å². The molecule has 1 aliphatic carbocycles. The Labute approximate surface area is 207 Å². The molecule has 1 aliphatic rings. The largest absolute Gasteiger partial charge is 0.465 e. The van der Waals surface area contributed by atoms with Gasteiger partial charge >= 0.3 is 12.1 Å². The Kier molecular flexibility index (Phi) is 7.07. The number of rotatable bonds is 3. The number of alkyl halides is 3. The Hall–Kier alpha value is -3.79. The summed E-state index contributed by atoms with van der Waals surface area (Å²) in [7, 11) is 1.29. The lowest BCUT2D eigenvalue weighted by molar-refractivity contribution is -0.184. The van der Waals surface area contributed by atoms with Crippen LogP contribution >= 0.6 is 0 Å². The topological polar surface area (TPSA) is 52.3 Å². The SMILES string of the molecule is COC(=O)c1ccc(C2(c3ccc(C#Cc4ccc(F)cc4)c(N)c3)CCC(C(F)(F)F)CC2)cc1. The van der Waals surface area contributed by atoms with Crippen LogP contribution in [-0.4, -0.2) is 19.3 Å². The minimum atomic E-state index is -4.24. The lowest BCUT2D eigenvalue weighted by Crippen LogP contribution is -2.37. The molecule has 0 aromatic heterocycles. The maximum atomic E-state index is 13.4. The van der Waals surface area contributed by atoms with Crippen molar-refractivity contribution >= 4 is 11.7 Å². The van der Waals surface area contributed by atoms with E-state index in [1.165, 1.54) is 19.2 Å². The molecule has 36 heavy (non-hydrogen) atoms. The fourth-order valence-electron chi connectivity index (χ4n) is 4.87. The molecule has 0 unspecified atom stereocenters. The smallest absolute Gasteiger partial charge is 0.391 e. The number of methoxy groups -OCH3 is 1. The first kappa shape index (κ1) is 25.3. The van der Waals surface area contributed by atoms with Crippen molar-refractivity contribution in [2.75, 3.05) is 12.8 Å². The second-order valence-corrected chi connectivity index (χ2v) is 9.03. The van der Waals surface area contributed by atoms with E-state index in [0.29, 0.717) is 22.4 Å². The summed E-state index contributed by atoms with van der Waals surface area (Å²) in [6.45, 7) is 0. The van der Waals surface area contributed by atoms with E-state index < -0.39 is 23.5 Å². The highest BCUT2D eigenvalue weighted by Crippen LogP contribution is 2.50. The van der Waals surface area contributed by atoms with Crippen molar-refractivity contribution in [1.82, 2.24) is 0 Å². The number of hydrogen-bond donors (Lipinski definition) is 1. The van der Waals surface area contributed by atoms with Crippen molar-refractivity contribution in [3.63, 3.8) is 0 Å². The highest BCUT2D eigenvalue weighted by molar-refractivity contribution is 5.89. The van der Waals surface area contributed by atoms with E-state index in [0.717, 1.165) is 11.1 Å². The number of benzene rings is 3. The number of esters is 1. The lowest BCUT2D eigenvalue weighted by Gasteiger charge is -2.42. The number of carbonyl (C=O) groups excluding carboxylic acids is 1. The molecule has 0 bridgehead atoms. The Bertz CT molecular complexity index is 1290. The summed E-state index contributed by atoms with van der Waals surface area (Å²) in [5, 5.41) is 0. The molecule has 0 radical (unpaired) electrons. The number of halogens is 4. The van der Waals surface area contributed by atoms with Crippen molar-refractivity contribution in [3.05, 3.63) is 100 Å². The average Bonchev–Trinajstić information content (AvgIpc) is 2.88. The molecule has 3 aromatic rings. The van der Waals surface area contributed by atoms with Gasteiger partial charge in [0.2, 0.25) is 0 Å². The molecule has 3 aromatic carbocycles. The summed E-state index contributed by atoms with van der Waals surface area (Å²) < 4.78 is 58.2. The van der Waals surface area contributed by atoms with Gasteiger partial charge in [0.25, 0.3) is 0 Å². The maximum Gasteiger partial charge on any atom is 0.391 e. The third-order valence-corrected chi connectivity index (χ3v) is 6.95. The third-order valence-electron chi connectivity index (χ3n) is 6.95. The minimum absolute atomic E-state index is 0.00567. The zero-order valence-corrected chi connectivity index (χ0v) is 19.7. The van der Waals surface area contributed by atoms with Gasteiger partial charge in [-0.3, -0.25) is 0 Å². The van der Waals surface area contributed by atoms with Crippen molar-refractivity contribution < 1.29 is 27.1 Å². The number of nitrogen functional groups attached to an aromatic ring is 1. The van der Waals surface area contributed by atoms with E-state index in [9.17, 15) is 22.4 Å². The molecule has 0 saturated heterocycles. The lowest BCUT2D eigenvalue weighted by atomic mass is 9.63. The fraction of sp³-hybridized carbons (Fsp3) is 0.276. The van der Waals surface area contributed by atoms with E-state index in [4.69, 9.17) is 10.5 Å². The molecule has 3 nitrogen and oxygen atoms in total. The van der Waals surface area contributed by atoms with Crippen molar-refractivity contribution in [1.29, 1.82) is 0 Å². The monoisotopic (exact) mass is 495 g/mol. The summed E-state index contributed by atoms with van der Waals surface area (Å²) in [6, 6.07) is 18.0. The van der Waals surface area contributed by atoms with E-state index in [1.54, 1.807) is 48.5 Å². The Morgan fingerprint density at radius 1 is 0.944 bits per heavy atom. The minimum Gasteiger partial charge on any atom is -0.465 e. The van der Waals surface area contributed by atoms with Crippen LogP contribution < -0.4 is 5.73 Å². The molecule has 4 rings (SSSR count). The summed E-state index contributed by atoms with van der Waals surface area (Å²) in [5.41, 5.74) is 9.24. The van der Waals surface area contributed by atoms with Gasteiger partial charge < -0.3 is 10.5 Å². The molecule has 0 heterocycles. The van der Waals surface area contributed by atoms with Crippen LogP contribution in [0.25, 0.3) is 0 Å². The van der Waals surface area contributed by atoms with Crippen LogP contribution in [0.15, 0.2) is 66.7 Å². The molecule has 186 valence electrons. The molecule has 1 fully saturated rings. The molecular weight excluding hydrogens is 470 g/mol. The van der Waals surface area contributed by atoms with E-state index in [-0.39, 0.29) is 31.5 Å². The van der Waals surface area contributed by atoms with Gasteiger partial charge in [-0.25, -0.2) is 9.18 Å². The number of carbonyl (C=O) groups is 1. The van der Waals surface area contributed by atoms with E-state index in [2.05, 4.69) is 11.8 Å². The van der Waals surface area contributed by atoms with Crippen LogP contribution in [0.1, 0.15) is 58.3 Å². The Morgan fingerprint density at radius 3 is 2.11 bits per heavy atom. The maximum absolute atomic E-state index is 13.4. The second kappa shape index (κ2) is 10.1. The first-order valence-electron chi connectivity index (χ1n) is 11.6. The normalized spacial score (nSPS) is 19.8. The summed E-state index contributed by atoms with van der Waals surface area (Å²) in [4.78, 5) is 11.9. The van der Waals surface area contributed by atoms with Crippen LogP contribution in [0, 0.1) is 23.6 Å². The van der Waals surface area contributed by atoms with Crippen LogP contribution in [-0.2, 0) is 10.2 Å². The van der Waals surface area contributed by atoms with Gasteiger partial charge in [-0.1, -0.05) is 30.0 Å². The van der Waals surface area contributed by atoms with Gasteiger partial charge in [0.05, 0.1) is 18.6 Å². The van der Waals surface area contributed by atoms with Gasteiger partial charge in [0, 0.05) is 22.2 Å². The van der Waals surface area contributed by atoms with Gasteiger partial charge in [0.15, 0.2) is 0 Å². The van der Waals surface area contributed by atoms with Crippen LogP contribution in [0.3, 0.4) is 0 Å². The van der Waals surface area contributed by atoms with Crippen LogP contribution in [0.2, 0.25) is 0 Å². The fourth-order valence-corrected chi connectivity index (χ4v) is 4.87. The molecular formula is C29H25F4NO2. The quantitative estimate of drug-likeness (QED) is 0.192. The van der Waals surface area contributed by atoms with Gasteiger partial charge in [-0.2, -0.15) is 13.2 Å². The Morgan fingerprint density at radius 2 is 1.56 bits per heavy atom. The molecule has 7 heteroatoms. The summed E-state index contributed by atoms with van der Waals surface area (Å²) >= 11 is 0. The number of hydrogen-bond acceptors (Lipinski definition) is 3. The Balaban J connectivity index is 1.70. The predicted octanol–water partition coefficient (Wildman–Crippen LogP) is 6.63. The molecule has 2 N–H and O–H groups in total. The van der Waals surface area contributed by atoms with Crippen LogP contribution in [0.4, 0.5) is 23.2 Å². The average molecular weight is 496 g/mol. The van der Waals surface area contributed by atoms with Gasteiger partial charge in [-0.05, 0) is 85.3 Å². The highest BCUT2D eigenvalue weighted by Gasteiger charge is 2.47. The zero-order chi connectivity index (χ0) is 25.9. The second-order valence-electron chi connectivity index (χ2n) is 9.03. The number of nitrogens with two attached hydrogens (primary N) is 1. The van der Waals surface area contributed by atoms with Crippen molar-refractivity contribution in [3.8, 4) is 11.8 Å². The third kappa shape index (κ3) is 5.23. The summed E-state index contributed by atoms with van der Waals surface area (Å²) in [6.07, 6.45) is -3.67. The van der Waals surface area contributed by atoms with E-state index >= 15 is 0 Å². The summed E-state index contributed by atoms with van der Waals surface area (Å²) in [5.74, 6) is 3.75. The number of anilines is 1.